The fraction of sp³-hybridized carbons (Fsp3) is 0.143. The van der Waals surface area contributed by atoms with E-state index in [9.17, 15) is 13.2 Å². The van der Waals surface area contributed by atoms with Crippen LogP contribution in [0.5, 0.6) is 0 Å². The molecule has 0 N–H and O–H groups in total. The van der Waals surface area contributed by atoms with Crippen molar-refractivity contribution in [3.05, 3.63) is 30.2 Å². The molecule has 2 rings (SSSR count). The number of hydrogen-bond acceptors (Lipinski definition) is 2. The molecular weight excluding hydrogens is 183 g/mol. The van der Waals surface area contributed by atoms with Gasteiger partial charge in [-0.2, -0.15) is 18.3 Å². The third-order valence-electron chi connectivity index (χ3n) is 1.61. The van der Waals surface area contributed by atoms with Gasteiger partial charge in [-0.05, 0) is 12.1 Å². The van der Waals surface area contributed by atoms with E-state index in [-0.39, 0.29) is 5.65 Å². The van der Waals surface area contributed by atoms with Crippen LogP contribution in [0.15, 0.2) is 24.7 Å². The average Bonchev–Trinajstić information content (AvgIpc) is 2.48. The van der Waals surface area contributed by atoms with Crippen molar-refractivity contribution in [1.82, 2.24) is 14.6 Å². The maximum absolute atomic E-state index is 12.3. The van der Waals surface area contributed by atoms with Gasteiger partial charge in [0.25, 0.3) is 0 Å². The minimum Gasteiger partial charge on any atom is -0.221 e. The van der Waals surface area contributed by atoms with Crippen molar-refractivity contribution in [2.45, 2.75) is 6.18 Å². The van der Waals surface area contributed by atoms with Crippen LogP contribution in [0.4, 0.5) is 13.2 Å². The van der Waals surface area contributed by atoms with Crippen LogP contribution in [0.3, 0.4) is 0 Å². The van der Waals surface area contributed by atoms with Gasteiger partial charge in [0.05, 0.1) is 0 Å². The third kappa shape index (κ3) is 1.24. The zero-order valence-corrected chi connectivity index (χ0v) is 6.28. The Kier molecular flexibility index (Phi) is 1.51. The highest BCUT2D eigenvalue weighted by molar-refractivity contribution is 5.47. The maximum Gasteiger partial charge on any atom is 0.420 e. The molecule has 0 amide bonds. The molecule has 13 heavy (non-hydrogen) atoms. The van der Waals surface area contributed by atoms with E-state index >= 15 is 0 Å². The molecule has 0 aliphatic heterocycles. The summed E-state index contributed by atoms with van der Waals surface area (Å²) in [6.07, 6.45) is -1.88. The van der Waals surface area contributed by atoms with Crippen LogP contribution in [0.2, 0.25) is 0 Å². The molecule has 0 unspecified atom stereocenters. The molecule has 68 valence electrons. The van der Waals surface area contributed by atoms with Gasteiger partial charge in [0, 0.05) is 6.20 Å². The largest absolute Gasteiger partial charge is 0.420 e. The fourth-order valence-electron chi connectivity index (χ4n) is 1.07. The predicted molar refractivity (Wildman–Crippen MR) is 38.0 cm³/mol. The van der Waals surface area contributed by atoms with Crippen molar-refractivity contribution in [3.63, 3.8) is 0 Å². The Morgan fingerprint density at radius 1 is 1.31 bits per heavy atom. The van der Waals surface area contributed by atoms with Crippen LogP contribution in [-0.4, -0.2) is 14.6 Å². The molecule has 3 nitrogen and oxygen atoms in total. The Labute approximate surface area is 70.8 Å². The minimum atomic E-state index is -4.38. The average molecular weight is 187 g/mol. The van der Waals surface area contributed by atoms with Gasteiger partial charge in [-0.15, -0.1) is 0 Å². The highest BCUT2D eigenvalue weighted by atomic mass is 19.4. The van der Waals surface area contributed by atoms with Crippen LogP contribution in [0, 0.1) is 0 Å². The molecule has 0 aliphatic carbocycles. The Morgan fingerprint density at radius 2 is 2.08 bits per heavy atom. The Hall–Kier alpha value is -1.59. The topological polar surface area (TPSA) is 30.2 Å². The van der Waals surface area contributed by atoms with Gasteiger partial charge in [-0.3, -0.25) is 0 Å². The number of fused-ring (bicyclic) bond motifs is 1. The van der Waals surface area contributed by atoms with E-state index in [0.29, 0.717) is 0 Å². The number of aromatic nitrogens is 3. The highest BCUT2D eigenvalue weighted by Crippen LogP contribution is 2.31. The second-order valence-corrected chi connectivity index (χ2v) is 2.45. The smallest absolute Gasteiger partial charge is 0.221 e. The lowest BCUT2D eigenvalue weighted by Gasteiger charge is -2.05. The maximum atomic E-state index is 12.3. The first-order valence-corrected chi connectivity index (χ1v) is 3.44. The molecule has 0 radical (unpaired) electrons. The van der Waals surface area contributed by atoms with Crippen molar-refractivity contribution < 1.29 is 13.2 Å². The molecule has 0 fully saturated rings. The monoisotopic (exact) mass is 187 g/mol. The lowest BCUT2D eigenvalue weighted by atomic mass is 10.2. The molecule has 6 heteroatoms. The molecule has 0 saturated carbocycles. The zero-order valence-electron chi connectivity index (χ0n) is 6.28. The summed E-state index contributed by atoms with van der Waals surface area (Å²) < 4.78 is 38.0. The van der Waals surface area contributed by atoms with Gasteiger partial charge in [-0.1, -0.05) is 0 Å². The molecule has 0 aliphatic rings. The molecular formula is C7H4F3N3. The van der Waals surface area contributed by atoms with E-state index in [2.05, 4.69) is 10.1 Å². The molecule has 0 aromatic carbocycles. The second-order valence-electron chi connectivity index (χ2n) is 2.45. The van der Waals surface area contributed by atoms with Gasteiger partial charge in [0.15, 0.2) is 5.65 Å². The van der Waals surface area contributed by atoms with Gasteiger partial charge < -0.3 is 0 Å². The molecule has 2 heterocycles. The van der Waals surface area contributed by atoms with Crippen molar-refractivity contribution >= 4 is 5.65 Å². The van der Waals surface area contributed by atoms with E-state index < -0.39 is 11.7 Å². The Bertz CT molecular complexity index is 432. The lowest BCUT2D eigenvalue weighted by molar-refractivity contribution is -0.136. The number of rotatable bonds is 0. The first-order chi connectivity index (χ1) is 6.09. The van der Waals surface area contributed by atoms with E-state index in [1.54, 1.807) is 0 Å². The molecule has 0 bridgehead atoms. The minimum absolute atomic E-state index is 0.171. The Morgan fingerprint density at radius 3 is 2.77 bits per heavy atom. The van der Waals surface area contributed by atoms with E-state index in [1.807, 2.05) is 0 Å². The standard InChI is InChI=1S/C7H4F3N3/c8-7(9,10)5-2-1-3-13-6(5)11-4-12-13/h1-4H. The van der Waals surface area contributed by atoms with Crippen LogP contribution in [-0.2, 0) is 6.18 Å². The predicted octanol–water partition coefficient (Wildman–Crippen LogP) is 1.75. The van der Waals surface area contributed by atoms with Gasteiger partial charge in [-0.25, -0.2) is 9.50 Å². The first kappa shape index (κ1) is 8.03. The fourth-order valence-corrected chi connectivity index (χ4v) is 1.07. The van der Waals surface area contributed by atoms with E-state index in [1.165, 1.54) is 12.3 Å². The number of pyridine rings is 1. The summed E-state index contributed by atoms with van der Waals surface area (Å²) in [6, 6.07) is 2.26. The van der Waals surface area contributed by atoms with Gasteiger partial charge >= 0.3 is 6.18 Å². The van der Waals surface area contributed by atoms with E-state index in [4.69, 9.17) is 0 Å². The summed E-state index contributed by atoms with van der Waals surface area (Å²) in [5, 5.41) is 3.60. The molecule has 2 aromatic heterocycles. The van der Waals surface area contributed by atoms with Crippen LogP contribution < -0.4 is 0 Å². The number of halogens is 3. The summed E-state index contributed by atoms with van der Waals surface area (Å²) in [7, 11) is 0. The number of alkyl halides is 3. The van der Waals surface area contributed by atoms with Crippen molar-refractivity contribution in [2.75, 3.05) is 0 Å². The molecule has 0 spiro atoms. The quantitative estimate of drug-likeness (QED) is 0.628. The molecule has 0 atom stereocenters. The van der Waals surface area contributed by atoms with E-state index in [0.717, 1.165) is 16.9 Å². The van der Waals surface area contributed by atoms with Crippen molar-refractivity contribution in [2.24, 2.45) is 0 Å². The summed E-state index contributed by atoms with van der Waals surface area (Å²) >= 11 is 0. The normalized spacial score (nSPS) is 12.2. The van der Waals surface area contributed by atoms with Crippen LogP contribution in [0.1, 0.15) is 5.56 Å². The molecule has 2 aromatic rings. The SMILES string of the molecule is FC(F)(F)c1cccn2ncnc12. The second kappa shape index (κ2) is 2.45. The van der Waals surface area contributed by atoms with Crippen LogP contribution >= 0.6 is 0 Å². The summed E-state index contributed by atoms with van der Waals surface area (Å²) in [5.74, 6) is 0. The summed E-state index contributed by atoms with van der Waals surface area (Å²) in [4.78, 5) is 3.52. The summed E-state index contributed by atoms with van der Waals surface area (Å²) in [6.45, 7) is 0. The van der Waals surface area contributed by atoms with Crippen LogP contribution in [0.25, 0.3) is 5.65 Å². The van der Waals surface area contributed by atoms with Crippen molar-refractivity contribution in [1.29, 1.82) is 0 Å². The highest BCUT2D eigenvalue weighted by Gasteiger charge is 2.33. The first-order valence-electron chi connectivity index (χ1n) is 3.44. The zero-order chi connectivity index (χ0) is 9.47. The number of hydrogen-bond donors (Lipinski definition) is 0. The third-order valence-corrected chi connectivity index (χ3v) is 1.61. The summed E-state index contributed by atoms with van der Waals surface area (Å²) in [5.41, 5.74) is -0.942. The van der Waals surface area contributed by atoms with Gasteiger partial charge in [0.2, 0.25) is 0 Å². The Balaban J connectivity index is 2.75. The molecule has 0 saturated heterocycles. The van der Waals surface area contributed by atoms with Gasteiger partial charge in [0.1, 0.15) is 11.9 Å². The lowest BCUT2D eigenvalue weighted by Crippen LogP contribution is -2.07. The number of nitrogens with zero attached hydrogens (tertiary/aromatic N) is 3. The van der Waals surface area contributed by atoms with Crippen molar-refractivity contribution in [3.8, 4) is 0 Å².